The molecule has 0 aliphatic rings. The van der Waals surface area contributed by atoms with Gasteiger partial charge in [0.2, 0.25) is 0 Å². The highest BCUT2D eigenvalue weighted by molar-refractivity contribution is 5.85. The van der Waals surface area contributed by atoms with E-state index in [0.29, 0.717) is 0 Å². The summed E-state index contributed by atoms with van der Waals surface area (Å²) in [4.78, 5) is 0. The molecular weight excluding hydrogens is 255 g/mol. The Balaban J connectivity index is -0.000000184. The maximum atomic E-state index is 7.00. The van der Waals surface area contributed by atoms with Gasteiger partial charge in [-0.1, -0.05) is 72.3 Å². The summed E-state index contributed by atoms with van der Waals surface area (Å²) in [7, 11) is 1.00. The molecule has 0 heterocycles. The lowest BCUT2D eigenvalue weighted by molar-refractivity contribution is 0.399. The number of rotatable bonds is 0. The molecule has 2 aromatic carbocycles. The van der Waals surface area contributed by atoms with Gasteiger partial charge < -0.3 is 5.11 Å². The average Bonchev–Trinajstić information content (AvgIpc) is 2.36. The normalized spacial score (nSPS) is 6.76. The highest BCUT2D eigenvalue weighted by Gasteiger charge is 1.72. The quantitative estimate of drug-likeness (QED) is 0.766. The minimum absolute atomic E-state index is 0. The van der Waals surface area contributed by atoms with Crippen LogP contribution in [0.1, 0.15) is 5.56 Å². The number of hydrogen-bond donors (Lipinski definition) is 1. The zero-order chi connectivity index (χ0) is 11.4. The molecule has 0 radical (unpaired) electrons. The second kappa shape index (κ2) is 17.4. The first kappa shape index (κ1) is 21.3. The fraction of sp³-hybridized carbons (Fsp3) is 0.143. The van der Waals surface area contributed by atoms with Crippen molar-refractivity contribution in [3.8, 4) is 0 Å². The van der Waals surface area contributed by atoms with Crippen molar-refractivity contribution in [3.05, 3.63) is 72.3 Å². The van der Waals surface area contributed by atoms with Gasteiger partial charge in [0.15, 0.2) is 0 Å². The van der Waals surface area contributed by atoms with Gasteiger partial charge in [0.1, 0.15) is 0 Å². The molecular formula is C14H20Cl2O. The number of halogens is 2. The highest BCUT2D eigenvalue weighted by atomic mass is 35.5. The molecule has 2 aromatic rings. The van der Waals surface area contributed by atoms with Crippen molar-refractivity contribution < 1.29 is 5.11 Å². The Kier molecular flexibility index (Phi) is 21.8. The molecule has 3 heteroatoms. The molecule has 96 valence electrons. The number of hydrogen-bond acceptors (Lipinski definition) is 1. The summed E-state index contributed by atoms with van der Waals surface area (Å²) in [6, 6.07) is 22.3. The lowest BCUT2D eigenvalue weighted by Crippen LogP contribution is -1.62. The molecule has 0 saturated carbocycles. The van der Waals surface area contributed by atoms with E-state index in [0.717, 1.165) is 7.11 Å². The van der Waals surface area contributed by atoms with E-state index < -0.39 is 0 Å². The minimum atomic E-state index is 0. The van der Waals surface area contributed by atoms with Gasteiger partial charge in [-0.25, -0.2) is 0 Å². The number of aryl methyl sites for hydroxylation is 1. The summed E-state index contributed by atoms with van der Waals surface area (Å²) in [5.74, 6) is 0. The van der Waals surface area contributed by atoms with Gasteiger partial charge in [-0.2, -0.15) is 0 Å². The Hall–Kier alpha value is -1.02. The van der Waals surface area contributed by atoms with Gasteiger partial charge in [0.25, 0.3) is 0 Å². The molecule has 0 bridgehead atoms. The van der Waals surface area contributed by atoms with Crippen LogP contribution in [0.3, 0.4) is 0 Å². The molecule has 0 unspecified atom stereocenters. The average molecular weight is 275 g/mol. The molecule has 0 atom stereocenters. The van der Waals surface area contributed by atoms with E-state index in [9.17, 15) is 0 Å². The van der Waals surface area contributed by atoms with Crippen molar-refractivity contribution in [2.24, 2.45) is 0 Å². The van der Waals surface area contributed by atoms with Crippen LogP contribution in [0.2, 0.25) is 0 Å². The summed E-state index contributed by atoms with van der Waals surface area (Å²) >= 11 is 0. The monoisotopic (exact) mass is 274 g/mol. The molecule has 0 aliphatic heterocycles. The molecule has 0 amide bonds. The van der Waals surface area contributed by atoms with Gasteiger partial charge >= 0.3 is 0 Å². The standard InChI is InChI=1S/C7H8.C6H6.CH4O.2ClH/c1-7-5-3-2-4-6-7;1-2-4-6-5-3-1;1-2;;/h2-6H,1H3;1-6H;2H,1H3;2*1H. The van der Waals surface area contributed by atoms with Crippen LogP contribution in [-0.2, 0) is 0 Å². The number of aliphatic hydroxyl groups excluding tert-OH is 1. The van der Waals surface area contributed by atoms with Gasteiger partial charge in [-0.3, -0.25) is 0 Å². The van der Waals surface area contributed by atoms with E-state index in [2.05, 4.69) is 19.1 Å². The van der Waals surface area contributed by atoms with E-state index in [1.807, 2.05) is 54.6 Å². The first-order valence-electron chi connectivity index (χ1n) is 4.86. The van der Waals surface area contributed by atoms with Crippen molar-refractivity contribution in [3.63, 3.8) is 0 Å². The SMILES string of the molecule is CO.Cc1ccccc1.Cl.Cl.c1ccccc1. The Labute approximate surface area is 116 Å². The fourth-order valence-electron chi connectivity index (χ4n) is 0.919. The van der Waals surface area contributed by atoms with Crippen LogP contribution in [0.5, 0.6) is 0 Å². The van der Waals surface area contributed by atoms with Crippen LogP contribution >= 0.6 is 24.8 Å². The topological polar surface area (TPSA) is 20.2 Å². The third kappa shape index (κ3) is 15.0. The maximum absolute atomic E-state index is 7.00. The third-order valence-corrected chi connectivity index (χ3v) is 1.61. The van der Waals surface area contributed by atoms with Gasteiger partial charge in [0, 0.05) is 7.11 Å². The maximum Gasteiger partial charge on any atom is 0.0319 e. The third-order valence-electron chi connectivity index (χ3n) is 1.61. The smallest absolute Gasteiger partial charge is 0.0319 e. The largest absolute Gasteiger partial charge is 0.400 e. The van der Waals surface area contributed by atoms with Crippen molar-refractivity contribution in [1.82, 2.24) is 0 Å². The van der Waals surface area contributed by atoms with E-state index in [1.165, 1.54) is 5.56 Å². The lowest BCUT2D eigenvalue weighted by atomic mass is 10.2. The van der Waals surface area contributed by atoms with Gasteiger partial charge in [-0.05, 0) is 6.92 Å². The summed E-state index contributed by atoms with van der Waals surface area (Å²) in [5, 5.41) is 7.00. The molecule has 1 N–H and O–H groups in total. The summed E-state index contributed by atoms with van der Waals surface area (Å²) in [6.07, 6.45) is 0. The molecule has 17 heavy (non-hydrogen) atoms. The predicted octanol–water partition coefficient (Wildman–Crippen LogP) is 4.13. The number of benzene rings is 2. The van der Waals surface area contributed by atoms with Crippen LogP contribution in [-0.4, -0.2) is 12.2 Å². The van der Waals surface area contributed by atoms with Crippen molar-refractivity contribution in [2.45, 2.75) is 6.92 Å². The first-order chi connectivity index (χ1) is 7.39. The second-order valence-electron chi connectivity index (χ2n) is 2.81. The zero-order valence-electron chi connectivity index (χ0n) is 10.1. The highest BCUT2D eigenvalue weighted by Crippen LogP contribution is 1.92. The van der Waals surface area contributed by atoms with Crippen LogP contribution in [0.25, 0.3) is 0 Å². The zero-order valence-corrected chi connectivity index (χ0v) is 11.7. The summed E-state index contributed by atoms with van der Waals surface area (Å²) < 4.78 is 0. The Morgan fingerprint density at radius 3 is 1.00 bits per heavy atom. The lowest BCUT2D eigenvalue weighted by Gasteiger charge is -1.82. The summed E-state index contributed by atoms with van der Waals surface area (Å²) in [6.45, 7) is 2.08. The van der Waals surface area contributed by atoms with E-state index >= 15 is 0 Å². The van der Waals surface area contributed by atoms with Crippen LogP contribution in [0, 0.1) is 6.92 Å². The second-order valence-corrected chi connectivity index (χ2v) is 2.81. The van der Waals surface area contributed by atoms with E-state index in [-0.39, 0.29) is 24.8 Å². The molecule has 0 aliphatic carbocycles. The first-order valence-corrected chi connectivity index (χ1v) is 4.86. The molecule has 2 rings (SSSR count). The number of aliphatic hydroxyl groups is 1. The van der Waals surface area contributed by atoms with E-state index in [4.69, 9.17) is 5.11 Å². The van der Waals surface area contributed by atoms with Crippen molar-refractivity contribution in [2.75, 3.05) is 7.11 Å². The molecule has 0 saturated heterocycles. The van der Waals surface area contributed by atoms with Gasteiger partial charge in [0.05, 0.1) is 0 Å². The predicted molar refractivity (Wildman–Crippen MR) is 80.3 cm³/mol. The van der Waals surface area contributed by atoms with Crippen molar-refractivity contribution >= 4 is 24.8 Å². The Bertz CT molecular complexity index is 285. The van der Waals surface area contributed by atoms with Crippen LogP contribution in [0.4, 0.5) is 0 Å². The van der Waals surface area contributed by atoms with Crippen molar-refractivity contribution in [1.29, 1.82) is 0 Å². The molecule has 0 fully saturated rings. The van der Waals surface area contributed by atoms with Gasteiger partial charge in [-0.15, -0.1) is 24.8 Å². The van der Waals surface area contributed by atoms with E-state index in [1.54, 1.807) is 0 Å². The Morgan fingerprint density at radius 1 is 0.588 bits per heavy atom. The molecule has 1 nitrogen and oxygen atoms in total. The Morgan fingerprint density at radius 2 is 0.824 bits per heavy atom. The molecule has 0 spiro atoms. The molecule has 0 aromatic heterocycles. The minimum Gasteiger partial charge on any atom is -0.400 e. The fourth-order valence-corrected chi connectivity index (χ4v) is 0.919. The summed E-state index contributed by atoms with van der Waals surface area (Å²) in [5.41, 5.74) is 1.32. The van der Waals surface area contributed by atoms with Crippen LogP contribution in [0.15, 0.2) is 66.7 Å². The van der Waals surface area contributed by atoms with Crippen LogP contribution < -0.4 is 0 Å².